The molecule has 0 radical (unpaired) electrons. The van der Waals surface area contributed by atoms with Crippen LogP contribution in [-0.4, -0.2) is 26.2 Å². The first-order chi connectivity index (χ1) is 4.91. The van der Waals surface area contributed by atoms with Gasteiger partial charge in [0.25, 0.3) is 0 Å². The van der Waals surface area contributed by atoms with Gasteiger partial charge in [0.1, 0.15) is 0 Å². The van der Waals surface area contributed by atoms with Gasteiger partial charge >= 0.3 is 0 Å². The van der Waals surface area contributed by atoms with Gasteiger partial charge in [0.05, 0.1) is 6.61 Å². The fourth-order valence-corrected chi connectivity index (χ4v) is 0.538. The summed E-state index contributed by atoms with van der Waals surface area (Å²) in [5, 5.41) is 2.52. The van der Waals surface area contributed by atoms with Crippen molar-refractivity contribution in [3.63, 3.8) is 0 Å². The summed E-state index contributed by atoms with van der Waals surface area (Å²) >= 11 is 0. The Morgan fingerprint density at radius 2 is 2.30 bits per heavy atom. The Morgan fingerprint density at radius 1 is 1.50 bits per heavy atom. The lowest BCUT2D eigenvalue weighted by atomic mass is 10.4. The van der Waals surface area contributed by atoms with Crippen LogP contribution in [0.5, 0.6) is 0 Å². The molecule has 1 N–H and O–H groups in total. The highest BCUT2D eigenvalue weighted by atomic mass is 16.5. The largest absolute Gasteiger partial charge is 0.380 e. The number of hydrogen-bond donors (Lipinski definition) is 1. The van der Waals surface area contributed by atoms with Crippen molar-refractivity contribution in [3.05, 3.63) is 0 Å². The summed E-state index contributed by atoms with van der Waals surface area (Å²) < 4.78 is 5.15. The summed E-state index contributed by atoms with van der Waals surface area (Å²) in [6, 6.07) is 0. The van der Waals surface area contributed by atoms with E-state index in [9.17, 15) is 4.79 Å². The molecule has 0 heterocycles. The van der Waals surface area contributed by atoms with Gasteiger partial charge in [-0.1, -0.05) is 13.3 Å². The third-order valence-corrected chi connectivity index (χ3v) is 1.12. The molecule has 0 bridgehead atoms. The minimum Gasteiger partial charge on any atom is -0.380 e. The van der Waals surface area contributed by atoms with Crippen LogP contribution in [0.1, 0.15) is 19.8 Å². The van der Waals surface area contributed by atoms with Crippen LogP contribution >= 0.6 is 0 Å². The molecule has 0 aromatic heterocycles. The summed E-state index contributed by atoms with van der Waals surface area (Å²) in [6.45, 7) is 4.16. The van der Waals surface area contributed by atoms with E-state index in [0.717, 1.165) is 19.4 Å². The Bertz CT molecular complexity index is 76.0. The SMILES string of the molecule is CCCCOCCNC=O. The zero-order chi connectivity index (χ0) is 7.66. The standard InChI is InChI=1S/C7H15NO2/c1-2-3-5-10-6-4-8-7-9/h7H,2-6H2,1H3,(H,8,9). The van der Waals surface area contributed by atoms with Gasteiger partial charge in [0, 0.05) is 13.2 Å². The number of amides is 1. The maximum absolute atomic E-state index is 9.73. The van der Waals surface area contributed by atoms with Gasteiger partial charge in [-0.25, -0.2) is 0 Å². The Labute approximate surface area is 61.8 Å². The van der Waals surface area contributed by atoms with E-state index in [1.165, 1.54) is 0 Å². The first-order valence-electron chi connectivity index (χ1n) is 3.66. The lowest BCUT2D eigenvalue weighted by molar-refractivity contribution is -0.109. The Balaban J connectivity index is 2.70. The van der Waals surface area contributed by atoms with Crippen molar-refractivity contribution in [1.82, 2.24) is 5.32 Å². The lowest BCUT2D eigenvalue weighted by Crippen LogP contribution is -2.17. The molecule has 0 aliphatic heterocycles. The van der Waals surface area contributed by atoms with E-state index in [-0.39, 0.29) is 0 Å². The van der Waals surface area contributed by atoms with Crippen molar-refractivity contribution < 1.29 is 9.53 Å². The van der Waals surface area contributed by atoms with Gasteiger partial charge in [-0.05, 0) is 6.42 Å². The highest BCUT2D eigenvalue weighted by Gasteiger charge is 1.85. The second-order valence-electron chi connectivity index (χ2n) is 2.04. The zero-order valence-corrected chi connectivity index (χ0v) is 6.43. The summed E-state index contributed by atoms with van der Waals surface area (Å²) in [7, 11) is 0. The maximum Gasteiger partial charge on any atom is 0.207 e. The molecule has 0 saturated heterocycles. The fraction of sp³-hybridized carbons (Fsp3) is 0.857. The van der Waals surface area contributed by atoms with Crippen LogP contribution in [0.2, 0.25) is 0 Å². The quantitative estimate of drug-likeness (QED) is 0.419. The minimum absolute atomic E-state index is 0.618. The molecule has 0 spiro atoms. The molecule has 0 fully saturated rings. The molecule has 0 saturated carbocycles. The van der Waals surface area contributed by atoms with Crippen LogP contribution in [0.15, 0.2) is 0 Å². The molecule has 0 rings (SSSR count). The number of carbonyl (C=O) groups excluding carboxylic acids is 1. The number of rotatable bonds is 7. The molecular weight excluding hydrogens is 130 g/mol. The van der Waals surface area contributed by atoms with Crippen molar-refractivity contribution in [2.75, 3.05) is 19.8 Å². The predicted octanol–water partition coefficient (Wildman–Crippen LogP) is 0.549. The van der Waals surface area contributed by atoms with Gasteiger partial charge in [-0.15, -0.1) is 0 Å². The molecule has 0 aliphatic carbocycles. The topological polar surface area (TPSA) is 38.3 Å². The summed E-state index contributed by atoms with van der Waals surface area (Å²) in [4.78, 5) is 9.73. The third kappa shape index (κ3) is 7.43. The molecule has 0 atom stereocenters. The molecule has 60 valence electrons. The van der Waals surface area contributed by atoms with Crippen LogP contribution < -0.4 is 5.32 Å². The number of hydrogen-bond acceptors (Lipinski definition) is 2. The first kappa shape index (κ1) is 9.43. The normalized spacial score (nSPS) is 9.30. The van der Waals surface area contributed by atoms with Crippen molar-refractivity contribution in [3.8, 4) is 0 Å². The highest BCUT2D eigenvalue weighted by Crippen LogP contribution is 1.85. The van der Waals surface area contributed by atoms with Crippen molar-refractivity contribution in [1.29, 1.82) is 0 Å². The number of ether oxygens (including phenoxy) is 1. The average Bonchev–Trinajstić information content (AvgIpc) is 1.97. The van der Waals surface area contributed by atoms with Gasteiger partial charge in [-0.2, -0.15) is 0 Å². The van der Waals surface area contributed by atoms with E-state index in [0.29, 0.717) is 19.6 Å². The summed E-state index contributed by atoms with van der Waals surface area (Å²) in [5.41, 5.74) is 0. The second kappa shape index (κ2) is 8.43. The van der Waals surface area contributed by atoms with E-state index in [1.54, 1.807) is 0 Å². The minimum atomic E-state index is 0.618. The summed E-state index contributed by atoms with van der Waals surface area (Å²) in [5.74, 6) is 0. The van der Waals surface area contributed by atoms with E-state index < -0.39 is 0 Å². The number of nitrogens with one attached hydrogen (secondary N) is 1. The summed E-state index contributed by atoms with van der Waals surface area (Å²) in [6.07, 6.45) is 2.94. The van der Waals surface area contributed by atoms with E-state index in [4.69, 9.17) is 4.74 Å². The third-order valence-electron chi connectivity index (χ3n) is 1.12. The lowest BCUT2D eigenvalue weighted by Gasteiger charge is -2.00. The molecule has 0 aromatic carbocycles. The van der Waals surface area contributed by atoms with Crippen molar-refractivity contribution in [2.45, 2.75) is 19.8 Å². The Morgan fingerprint density at radius 3 is 2.90 bits per heavy atom. The molecule has 3 heteroatoms. The zero-order valence-electron chi connectivity index (χ0n) is 6.43. The fourth-order valence-electron chi connectivity index (χ4n) is 0.538. The monoisotopic (exact) mass is 145 g/mol. The van der Waals surface area contributed by atoms with Gasteiger partial charge < -0.3 is 10.1 Å². The van der Waals surface area contributed by atoms with Gasteiger partial charge in [-0.3, -0.25) is 4.79 Å². The molecule has 0 unspecified atom stereocenters. The molecule has 1 amide bonds. The maximum atomic E-state index is 9.73. The molecule has 0 aromatic rings. The number of carbonyl (C=O) groups is 1. The molecule has 10 heavy (non-hydrogen) atoms. The van der Waals surface area contributed by atoms with Crippen LogP contribution in [0.25, 0.3) is 0 Å². The van der Waals surface area contributed by atoms with Crippen LogP contribution in [0.3, 0.4) is 0 Å². The van der Waals surface area contributed by atoms with Crippen LogP contribution in [0.4, 0.5) is 0 Å². The van der Waals surface area contributed by atoms with Gasteiger partial charge in [0.2, 0.25) is 6.41 Å². The predicted molar refractivity (Wildman–Crippen MR) is 39.8 cm³/mol. The van der Waals surface area contributed by atoms with Crippen molar-refractivity contribution in [2.24, 2.45) is 0 Å². The first-order valence-corrected chi connectivity index (χ1v) is 3.66. The average molecular weight is 145 g/mol. The van der Waals surface area contributed by atoms with Crippen LogP contribution in [-0.2, 0) is 9.53 Å². The molecular formula is C7H15NO2. The van der Waals surface area contributed by atoms with Crippen molar-refractivity contribution >= 4 is 6.41 Å². The molecule has 3 nitrogen and oxygen atoms in total. The molecule has 0 aliphatic rings. The second-order valence-corrected chi connectivity index (χ2v) is 2.04. The Kier molecular flexibility index (Phi) is 7.95. The van der Waals surface area contributed by atoms with E-state index in [2.05, 4.69) is 12.2 Å². The number of unbranched alkanes of at least 4 members (excludes halogenated alkanes) is 1. The van der Waals surface area contributed by atoms with E-state index >= 15 is 0 Å². The Hall–Kier alpha value is -0.570. The van der Waals surface area contributed by atoms with Crippen LogP contribution in [0, 0.1) is 0 Å². The van der Waals surface area contributed by atoms with E-state index in [1.807, 2.05) is 0 Å². The smallest absolute Gasteiger partial charge is 0.207 e. The van der Waals surface area contributed by atoms with Gasteiger partial charge in [0.15, 0.2) is 0 Å². The highest BCUT2D eigenvalue weighted by molar-refractivity contribution is 5.45.